The average molecular weight is 374 g/mol. The predicted molar refractivity (Wildman–Crippen MR) is 103 cm³/mol. The number of morpholine rings is 1. The van der Waals surface area contributed by atoms with Crippen molar-refractivity contribution in [3.05, 3.63) is 29.6 Å². The van der Waals surface area contributed by atoms with E-state index < -0.39 is 0 Å². The Balaban J connectivity index is 1.49. The van der Waals surface area contributed by atoms with Crippen molar-refractivity contribution in [2.45, 2.75) is 44.6 Å². The maximum Gasteiger partial charge on any atom is 0.270 e. The van der Waals surface area contributed by atoms with Gasteiger partial charge in [0, 0.05) is 32.2 Å². The lowest BCUT2D eigenvalue weighted by atomic mass is 10.1. The molecule has 7 nitrogen and oxygen atoms in total. The Morgan fingerprint density at radius 2 is 1.70 bits per heavy atom. The SMILES string of the molecule is O=C(NCCN1CCOCC1)c1cccc(C(=O)NC2CCCCCC2)n1. The number of nitrogens with one attached hydrogen (secondary N) is 2. The van der Waals surface area contributed by atoms with E-state index in [0.29, 0.717) is 12.2 Å². The molecular weight excluding hydrogens is 344 g/mol. The number of carbonyl (C=O) groups excluding carboxylic acids is 2. The van der Waals surface area contributed by atoms with Crippen molar-refractivity contribution in [1.29, 1.82) is 0 Å². The summed E-state index contributed by atoms with van der Waals surface area (Å²) in [7, 11) is 0. The normalized spacial score (nSPS) is 19.3. The van der Waals surface area contributed by atoms with Crippen molar-refractivity contribution in [2.75, 3.05) is 39.4 Å². The van der Waals surface area contributed by atoms with Gasteiger partial charge in [-0.1, -0.05) is 31.7 Å². The molecule has 7 heteroatoms. The van der Waals surface area contributed by atoms with Gasteiger partial charge in [0.05, 0.1) is 13.2 Å². The molecule has 148 valence electrons. The number of aromatic nitrogens is 1. The first-order chi connectivity index (χ1) is 13.2. The Morgan fingerprint density at radius 1 is 1.04 bits per heavy atom. The van der Waals surface area contributed by atoms with Crippen LogP contribution in [0.2, 0.25) is 0 Å². The predicted octanol–water partition coefficient (Wildman–Crippen LogP) is 1.60. The largest absolute Gasteiger partial charge is 0.379 e. The zero-order valence-electron chi connectivity index (χ0n) is 15.9. The Morgan fingerprint density at radius 3 is 2.41 bits per heavy atom. The van der Waals surface area contributed by atoms with Crippen LogP contribution in [0.15, 0.2) is 18.2 Å². The summed E-state index contributed by atoms with van der Waals surface area (Å²) in [6, 6.07) is 5.24. The molecule has 0 bridgehead atoms. The second kappa shape index (κ2) is 10.4. The van der Waals surface area contributed by atoms with E-state index in [1.54, 1.807) is 18.2 Å². The van der Waals surface area contributed by atoms with Crippen LogP contribution in [0.5, 0.6) is 0 Å². The van der Waals surface area contributed by atoms with E-state index in [1.165, 1.54) is 12.8 Å². The minimum absolute atomic E-state index is 0.190. The van der Waals surface area contributed by atoms with Gasteiger partial charge in [0.1, 0.15) is 11.4 Å². The van der Waals surface area contributed by atoms with Crippen molar-refractivity contribution in [3.8, 4) is 0 Å². The minimum atomic E-state index is -0.243. The molecule has 0 aromatic carbocycles. The number of hydrogen-bond acceptors (Lipinski definition) is 5. The topological polar surface area (TPSA) is 83.6 Å². The van der Waals surface area contributed by atoms with Gasteiger partial charge in [-0.25, -0.2) is 4.98 Å². The molecule has 2 amide bonds. The third-order valence-electron chi connectivity index (χ3n) is 5.22. The second-order valence-corrected chi connectivity index (χ2v) is 7.28. The maximum atomic E-state index is 12.5. The summed E-state index contributed by atoms with van der Waals surface area (Å²) in [5.74, 6) is -0.433. The number of ether oxygens (including phenoxy) is 1. The molecule has 0 spiro atoms. The third kappa shape index (κ3) is 6.29. The van der Waals surface area contributed by atoms with Gasteiger partial charge < -0.3 is 15.4 Å². The molecule has 27 heavy (non-hydrogen) atoms. The summed E-state index contributed by atoms with van der Waals surface area (Å²) >= 11 is 0. The van der Waals surface area contributed by atoms with E-state index in [4.69, 9.17) is 4.74 Å². The highest BCUT2D eigenvalue weighted by atomic mass is 16.5. The molecule has 0 atom stereocenters. The first-order valence-corrected chi connectivity index (χ1v) is 10.1. The van der Waals surface area contributed by atoms with Gasteiger partial charge in [-0.3, -0.25) is 14.5 Å². The van der Waals surface area contributed by atoms with Crippen molar-refractivity contribution in [2.24, 2.45) is 0 Å². The fourth-order valence-corrected chi connectivity index (χ4v) is 3.61. The van der Waals surface area contributed by atoms with Crippen molar-refractivity contribution in [3.63, 3.8) is 0 Å². The lowest BCUT2D eigenvalue weighted by Gasteiger charge is -2.26. The zero-order chi connectivity index (χ0) is 18.9. The molecule has 2 fully saturated rings. The van der Waals surface area contributed by atoms with Crippen LogP contribution in [0.3, 0.4) is 0 Å². The Kier molecular flexibility index (Phi) is 7.59. The lowest BCUT2D eigenvalue weighted by Crippen LogP contribution is -2.41. The molecule has 0 radical (unpaired) electrons. The molecule has 1 aromatic rings. The second-order valence-electron chi connectivity index (χ2n) is 7.28. The molecule has 1 aliphatic carbocycles. The first-order valence-electron chi connectivity index (χ1n) is 10.1. The molecule has 1 saturated heterocycles. The van der Waals surface area contributed by atoms with Gasteiger partial charge in [-0.05, 0) is 25.0 Å². The molecule has 3 rings (SSSR count). The smallest absolute Gasteiger partial charge is 0.270 e. The maximum absolute atomic E-state index is 12.5. The Bertz CT molecular complexity index is 623. The molecule has 2 aliphatic rings. The van der Waals surface area contributed by atoms with E-state index >= 15 is 0 Å². The number of rotatable bonds is 6. The summed E-state index contributed by atoms with van der Waals surface area (Å²) in [5.41, 5.74) is 0.588. The van der Waals surface area contributed by atoms with E-state index in [0.717, 1.165) is 58.5 Å². The highest BCUT2D eigenvalue weighted by molar-refractivity contribution is 5.96. The monoisotopic (exact) mass is 374 g/mol. The average Bonchev–Trinajstić information content (AvgIpc) is 2.97. The van der Waals surface area contributed by atoms with Gasteiger partial charge in [0.25, 0.3) is 11.8 Å². The number of nitrogens with zero attached hydrogens (tertiary/aromatic N) is 2. The third-order valence-corrected chi connectivity index (χ3v) is 5.22. The van der Waals surface area contributed by atoms with E-state index in [1.807, 2.05) is 0 Å². The molecule has 2 N–H and O–H groups in total. The number of hydrogen-bond donors (Lipinski definition) is 2. The Labute approximate surface area is 160 Å². The summed E-state index contributed by atoms with van der Waals surface area (Å²) in [6.45, 7) is 4.62. The molecule has 1 saturated carbocycles. The van der Waals surface area contributed by atoms with E-state index in [2.05, 4.69) is 20.5 Å². The zero-order valence-corrected chi connectivity index (χ0v) is 15.9. The molecule has 1 aromatic heterocycles. The molecule has 0 unspecified atom stereocenters. The molecule has 2 heterocycles. The summed E-state index contributed by atoms with van der Waals surface area (Å²) < 4.78 is 5.32. The summed E-state index contributed by atoms with van der Waals surface area (Å²) in [6.07, 6.45) is 6.84. The van der Waals surface area contributed by atoms with Crippen molar-refractivity contribution in [1.82, 2.24) is 20.5 Å². The van der Waals surface area contributed by atoms with Gasteiger partial charge in [0.15, 0.2) is 0 Å². The highest BCUT2D eigenvalue weighted by Gasteiger charge is 2.18. The summed E-state index contributed by atoms with van der Waals surface area (Å²) in [5, 5.41) is 5.96. The lowest BCUT2D eigenvalue weighted by molar-refractivity contribution is 0.0383. The number of carbonyl (C=O) groups is 2. The fraction of sp³-hybridized carbons (Fsp3) is 0.650. The van der Waals surface area contributed by atoms with Crippen LogP contribution in [0, 0.1) is 0 Å². The van der Waals surface area contributed by atoms with Crippen LogP contribution in [0.25, 0.3) is 0 Å². The molecular formula is C20H30N4O3. The van der Waals surface area contributed by atoms with Crippen LogP contribution in [-0.4, -0.2) is 67.1 Å². The van der Waals surface area contributed by atoms with Crippen LogP contribution in [-0.2, 0) is 4.74 Å². The van der Waals surface area contributed by atoms with E-state index in [9.17, 15) is 9.59 Å². The van der Waals surface area contributed by atoms with Crippen molar-refractivity contribution < 1.29 is 14.3 Å². The van der Waals surface area contributed by atoms with Crippen LogP contribution < -0.4 is 10.6 Å². The van der Waals surface area contributed by atoms with E-state index in [-0.39, 0.29) is 23.6 Å². The van der Waals surface area contributed by atoms with Gasteiger partial charge in [-0.15, -0.1) is 0 Å². The standard InChI is InChI=1S/C20H30N4O3/c25-19(21-10-11-24-12-14-27-15-13-24)17-8-5-9-18(23-17)20(26)22-16-6-3-1-2-4-7-16/h5,8-9,16H,1-4,6-7,10-15H2,(H,21,25)(H,22,26). The van der Waals surface area contributed by atoms with Crippen LogP contribution in [0.4, 0.5) is 0 Å². The first kappa shape index (κ1) is 19.8. The van der Waals surface area contributed by atoms with Crippen molar-refractivity contribution >= 4 is 11.8 Å². The molecule has 1 aliphatic heterocycles. The summed E-state index contributed by atoms with van der Waals surface area (Å²) in [4.78, 5) is 31.4. The Hall–Kier alpha value is -1.99. The number of amides is 2. The highest BCUT2D eigenvalue weighted by Crippen LogP contribution is 2.17. The quantitative estimate of drug-likeness (QED) is 0.739. The van der Waals surface area contributed by atoms with Gasteiger partial charge in [-0.2, -0.15) is 0 Å². The minimum Gasteiger partial charge on any atom is -0.379 e. The number of pyridine rings is 1. The van der Waals surface area contributed by atoms with Gasteiger partial charge >= 0.3 is 0 Å². The fourth-order valence-electron chi connectivity index (χ4n) is 3.61. The van der Waals surface area contributed by atoms with Crippen LogP contribution >= 0.6 is 0 Å². The van der Waals surface area contributed by atoms with Gasteiger partial charge in [0.2, 0.25) is 0 Å². The van der Waals surface area contributed by atoms with Crippen LogP contribution in [0.1, 0.15) is 59.5 Å².